The fourth-order valence-corrected chi connectivity index (χ4v) is 2.59. The van der Waals surface area contributed by atoms with E-state index < -0.39 is 17.8 Å². The lowest BCUT2D eigenvalue weighted by molar-refractivity contribution is -0.118. The van der Waals surface area contributed by atoms with Gasteiger partial charge in [0, 0.05) is 24.6 Å². The highest BCUT2D eigenvalue weighted by Crippen LogP contribution is 2.26. The number of amides is 2. The molecule has 3 N–H and O–H groups in total. The number of hydrogen-bond donors (Lipinski definition) is 2. The molecular weight excluding hydrogens is 337 g/mol. The lowest BCUT2D eigenvalue weighted by Crippen LogP contribution is -2.42. The largest absolute Gasteiger partial charge is 0.382 e. The zero-order valence-corrected chi connectivity index (χ0v) is 13.1. The summed E-state index contributed by atoms with van der Waals surface area (Å²) < 4.78 is 13.6. The van der Waals surface area contributed by atoms with Crippen LogP contribution < -0.4 is 16.0 Å². The second kappa shape index (κ2) is 6.40. The first kappa shape index (κ1) is 16.1. The highest BCUT2D eigenvalue weighted by Gasteiger charge is 2.34. The summed E-state index contributed by atoms with van der Waals surface area (Å²) in [5, 5.41) is 2.56. The number of anilines is 2. The third kappa shape index (κ3) is 3.00. The predicted molar refractivity (Wildman–Crippen MR) is 86.1 cm³/mol. The van der Waals surface area contributed by atoms with Crippen LogP contribution in [0, 0.1) is 5.82 Å². The number of halogens is 2. The van der Waals surface area contributed by atoms with Gasteiger partial charge in [0.05, 0.1) is 5.02 Å². The molecule has 1 aliphatic heterocycles. The van der Waals surface area contributed by atoms with Crippen LogP contribution in [0.4, 0.5) is 15.9 Å². The summed E-state index contributed by atoms with van der Waals surface area (Å²) >= 11 is 5.64. The third-order valence-corrected chi connectivity index (χ3v) is 3.97. The van der Waals surface area contributed by atoms with Gasteiger partial charge in [0.1, 0.15) is 11.9 Å². The van der Waals surface area contributed by atoms with E-state index in [1.807, 2.05) is 0 Å². The van der Waals surface area contributed by atoms with E-state index in [-0.39, 0.29) is 22.4 Å². The number of hydrogen-bond acceptors (Lipinski definition) is 5. The Kier molecular flexibility index (Phi) is 4.30. The topological polar surface area (TPSA) is 101 Å². The highest BCUT2D eigenvalue weighted by atomic mass is 35.5. The monoisotopic (exact) mass is 349 g/mol. The minimum Gasteiger partial charge on any atom is -0.382 e. The molecule has 2 aromatic rings. The van der Waals surface area contributed by atoms with Crippen molar-refractivity contribution in [1.82, 2.24) is 15.3 Å². The molecule has 0 unspecified atom stereocenters. The smallest absolute Gasteiger partial charge is 0.274 e. The van der Waals surface area contributed by atoms with E-state index in [4.69, 9.17) is 17.3 Å². The van der Waals surface area contributed by atoms with Crippen molar-refractivity contribution >= 4 is 34.9 Å². The molecule has 24 heavy (non-hydrogen) atoms. The normalized spacial score (nSPS) is 17.2. The van der Waals surface area contributed by atoms with Crippen LogP contribution in [0.1, 0.15) is 16.9 Å². The van der Waals surface area contributed by atoms with E-state index >= 15 is 0 Å². The molecule has 0 saturated carbocycles. The SMILES string of the molecule is Nc1nccnc1C(=O)N[C@@H]1CCN(c2ccc(Cl)c(F)c2)C1=O. The quantitative estimate of drug-likeness (QED) is 0.872. The van der Waals surface area contributed by atoms with E-state index in [0.29, 0.717) is 18.7 Å². The molecule has 2 heterocycles. The second-order valence-corrected chi connectivity index (χ2v) is 5.60. The number of nitrogens with one attached hydrogen (secondary N) is 1. The van der Waals surface area contributed by atoms with E-state index in [2.05, 4.69) is 15.3 Å². The van der Waals surface area contributed by atoms with Gasteiger partial charge in [0.25, 0.3) is 5.91 Å². The molecule has 0 aliphatic carbocycles. The summed E-state index contributed by atoms with van der Waals surface area (Å²) in [7, 11) is 0. The van der Waals surface area contributed by atoms with Crippen molar-refractivity contribution in [3.05, 3.63) is 47.1 Å². The maximum absolute atomic E-state index is 13.6. The lowest BCUT2D eigenvalue weighted by atomic mass is 10.2. The van der Waals surface area contributed by atoms with Gasteiger partial charge in [-0.2, -0.15) is 0 Å². The average Bonchev–Trinajstić information content (AvgIpc) is 2.91. The van der Waals surface area contributed by atoms with Gasteiger partial charge in [0.15, 0.2) is 11.5 Å². The summed E-state index contributed by atoms with van der Waals surface area (Å²) in [5.41, 5.74) is 5.94. The van der Waals surface area contributed by atoms with Crippen molar-refractivity contribution in [2.24, 2.45) is 0 Å². The number of nitrogens with two attached hydrogens (primary N) is 1. The van der Waals surface area contributed by atoms with Crippen LogP contribution >= 0.6 is 11.6 Å². The van der Waals surface area contributed by atoms with Gasteiger partial charge < -0.3 is 16.0 Å². The molecule has 0 radical (unpaired) electrons. The Labute approximate surface area is 141 Å². The van der Waals surface area contributed by atoms with Crippen LogP contribution in [0.15, 0.2) is 30.6 Å². The molecule has 7 nitrogen and oxygen atoms in total. The Hall–Kier alpha value is -2.74. The number of benzene rings is 1. The van der Waals surface area contributed by atoms with Gasteiger partial charge in [-0.1, -0.05) is 11.6 Å². The van der Waals surface area contributed by atoms with Crippen LogP contribution in [0.25, 0.3) is 0 Å². The van der Waals surface area contributed by atoms with Gasteiger partial charge in [-0.05, 0) is 24.6 Å². The van der Waals surface area contributed by atoms with Crippen LogP contribution in [-0.2, 0) is 4.79 Å². The summed E-state index contributed by atoms with van der Waals surface area (Å²) in [6.45, 7) is 0.348. The van der Waals surface area contributed by atoms with Crippen molar-refractivity contribution in [2.75, 3.05) is 17.2 Å². The first-order chi connectivity index (χ1) is 11.5. The predicted octanol–water partition coefficient (Wildman–Crippen LogP) is 1.39. The zero-order chi connectivity index (χ0) is 17.3. The Morgan fingerprint density at radius 3 is 2.83 bits per heavy atom. The van der Waals surface area contributed by atoms with Gasteiger partial charge >= 0.3 is 0 Å². The number of carbonyl (C=O) groups excluding carboxylic acids is 2. The first-order valence-electron chi connectivity index (χ1n) is 7.11. The fraction of sp³-hybridized carbons (Fsp3) is 0.200. The van der Waals surface area contributed by atoms with Gasteiger partial charge in [-0.25, -0.2) is 14.4 Å². The second-order valence-electron chi connectivity index (χ2n) is 5.19. The Morgan fingerprint density at radius 2 is 2.12 bits per heavy atom. The van der Waals surface area contributed by atoms with Crippen molar-refractivity contribution < 1.29 is 14.0 Å². The minimum atomic E-state index is -0.738. The Morgan fingerprint density at radius 1 is 1.38 bits per heavy atom. The molecule has 0 spiro atoms. The summed E-state index contributed by atoms with van der Waals surface area (Å²) in [6, 6.07) is 3.38. The zero-order valence-electron chi connectivity index (χ0n) is 12.4. The first-order valence-corrected chi connectivity index (χ1v) is 7.49. The van der Waals surface area contributed by atoms with Gasteiger partial charge in [-0.3, -0.25) is 9.59 Å². The highest BCUT2D eigenvalue weighted by molar-refractivity contribution is 6.30. The van der Waals surface area contributed by atoms with Crippen LogP contribution in [0.5, 0.6) is 0 Å². The fourth-order valence-electron chi connectivity index (χ4n) is 2.47. The van der Waals surface area contributed by atoms with Gasteiger partial charge in [-0.15, -0.1) is 0 Å². The molecule has 1 aromatic carbocycles. The molecule has 1 aromatic heterocycles. The van der Waals surface area contributed by atoms with Crippen molar-refractivity contribution in [2.45, 2.75) is 12.5 Å². The standard InChI is InChI=1S/C15H13ClFN5O2/c16-9-2-1-8(7-10(9)17)22-6-3-11(15(22)24)21-14(23)12-13(18)20-5-4-19-12/h1-2,4-5,7,11H,3,6H2,(H2,18,20)(H,21,23)/t11-/m1/s1. The third-order valence-electron chi connectivity index (χ3n) is 3.67. The van der Waals surface area contributed by atoms with Crippen molar-refractivity contribution in [3.8, 4) is 0 Å². The number of nitrogen functional groups attached to an aromatic ring is 1. The van der Waals surface area contributed by atoms with Crippen LogP contribution in [0.2, 0.25) is 5.02 Å². The molecule has 1 saturated heterocycles. The molecule has 0 bridgehead atoms. The average molecular weight is 350 g/mol. The molecular formula is C15H13ClFN5O2. The maximum Gasteiger partial charge on any atom is 0.274 e. The summed E-state index contributed by atoms with van der Waals surface area (Å²) in [5.74, 6) is -1.55. The van der Waals surface area contributed by atoms with Crippen LogP contribution in [-0.4, -0.2) is 34.4 Å². The lowest BCUT2D eigenvalue weighted by Gasteiger charge is -2.17. The van der Waals surface area contributed by atoms with E-state index in [9.17, 15) is 14.0 Å². The summed E-state index contributed by atoms with van der Waals surface area (Å²) in [6.07, 6.45) is 3.09. The molecule has 1 aliphatic rings. The molecule has 1 atom stereocenters. The molecule has 2 amide bonds. The molecule has 124 valence electrons. The molecule has 9 heteroatoms. The minimum absolute atomic E-state index is 0.0166. The number of rotatable bonds is 3. The molecule has 1 fully saturated rings. The number of carbonyl (C=O) groups is 2. The maximum atomic E-state index is 13.6. The number of aromatic nitrogens is 2. The van der Waals surface area contributed by atoms with Crippen molar-refractivity contribution in [1.29, 1.82) is 0 Å². The number of nitrogens with zero attached hydrogens (tertiary/aromatic N) is 3. The van der Waals surface area contributed by atoms with Crippen molar-refractivity contribution in [3.63, 3.8) is 0 Å². The Balaban J connectivity index is 1.73. The van der Waals surface area contributed by atoms with E-state index in [1.54, 1.807) is 6.07 Å². The Bertz CT molecular complexity index is 816. The van der Waals surface area contributed by atoms with Crippen LogP contribution in [0.3, 0.4) is 0 Å². The van der Waals surface area contributed by atoms with E-state index in [1.165, 1.54) is 29.4 Å². The van der Waals surface area contributed by atoms with Gasteiger partial charge in [0.2, 0.25) is 5.91 Å². The summed E-state index contributed by atoms with van der Waals surface area (Å²) in [4.78, 5) is 33.6. The van der Waals surface area contributed by atoms with E-state index in [0.717, 1.165) is 0 Å². The molecule has 3 rings (SSSR count).